The number of halogens is 3. The molecule has 2 aromatic rings. The summed E-state index contributed by atoms with van der Waals surface area (Å²) in [6.45, 7) is 0. The summed E-state index contributed by atoms with van der Waals surface area (Å²) in [5.74, 6) is -1.73. The van der Waals surface area contributed by atoms with E-state index in [0.717, 1.165) is 10.0 Å². The Morgan fingerprint density at radius 2 is 2.19 bits per heavy atom. The zero-order valence-electron chi connectivity index (χ0n) is 13.4. The van der Waals surface area contributed by atoms with E-state index in [4.69, 9.17) is 11.6 Å². The van der Waals surface area contributed by atoms with Gasteiger partial charge in [0.1, 0.15) is 18.0 Å². The van der Waals surface area contributed by atoms with E-state index in [1.54, 1.807) is 6.07 Å². The Morgan fingerprint density at radius 1 is 1.42 bits per heavy atom. The van der Waals surface area contributed by atoms with Crippen LogP contribution in [0.2, 0.25) is 5.02 Å². The third-order valence-electron chi connectivity index (χ3n) is 4.15. The van der Waals surface area contributed by atoms with Gasteiger partial charge in [-0.2, -0.15) is 0 Å². The van der Waals surface area contributed by atoms with Crippen LogP contribution in [0.15, 0.2) is 40.9 Å². The largest absolute Gasteiger partial charge is 0.383 e. The van der Waals surface area contributed by atoms with Gasteiger partial charge in [-0.15, -0.1) is 0 Å². The Morgan fingerprint density at radius 3 is 2.92 bits per heavy atom. The van der Waals surface area contributed by atoms with Gasteiger partial charge in [-0.1, -0.05) is 39.7 Å². The van der Waals surface area contributed by atoms with E-state index in [0.29, 0.717) is 12.1 Å². The van der Waals surface area contributed by atoms with E-state index >= 15 is 0 Å². The van der Waals surface area contributed by atoms with Crippen LogP contribution in [0.25, 0.3) is 0 Å². The van der Waals surface area contributed by atoms with E-state index in [2.05, 4.69) is 26.6 Å². The lowest BCUT2D eigenvalue weighted by atomic mass is 9.98. The van der Waals surface area contributed by atoms with Crippen LogP contribution < -0.4 is 10.6 Å². The fourth-order valence-electron chi connectivity index (χ4n) is 2.77. The minimum atomic E-state index is -1.52. The molecule has 0 bridgehead atoms. The molecule has 0 saturated carbocycles. The van der Waals surface area contributed by atoms with Crippen LogP contribution in [0, 0.1) is 5.82 Å². The lowest BCUT2D eigenvalue weighted by molar-refractivity contribution is -0.132. The number of hydrogen-bond acceptors (Lipinski definition) is 3. The third-order valence-corrected chi connectivity index (χ3v) is 5.00. The average molecular weight is 442 g/mol. The van der Waals surface area contributed by atoms with Gasteiger partial charge in [0.15, 0.2) is 0 Å². The number of carbonyl (C=O) groups is 2. The van der Waals surface area contributed by atoms with Crippen LogP contribution in [-0.2, 0) is 22.4 Å². The molecule has 3 rings (SSSR count). The minimum Gasteiger partial charge on any atom is -0.383 e. The number of aliphatic hydroxyl groups excluding tert-OH is 1. The van der Waals surface area contributed by atoms with Gasteiger partial charge in [0.25, 0.3) is 0 Å². The van der Waals surface area contributed by atoms with E-state index in [1.807, 2.05) is 12.1 Å². The molecule has 2 atom stereocenters. The van der Waals surface area contributed by atoms with Crippen LogP contribution in [0.5, 0.6) is 0 Å². The summed E-state index contributed by atoms with van der Waals surface area (Å²) in [5.41, 5.74) is 1.60. The van der Waals surface area contributed by atoms with Gasteiger partial charge >= 0.3 is 0 Å². The predicted octanol–water partition coefficient (Wildman–Crippen LogP) is 2.82. The molecule has 0 aromatic heterocycles. The highest BCUT2D eigenvalue weighted by Gasteiger charge is 2.30. The SMILES string of the molecule is O=C(NC1Cc2ccc(Br)cc2NC1=O)C(O)Cc1c(F)cccc1Cl. The van der Waals surface area contributed by atoms with Gasteiger partial charge in [-0.3, -0.25) is 9.59 Å². The zero-order valence-corrected chi connectivity index (χ0v) is 15.8. The fourth-order valence-corrected chi connectivity index (χ4v) is 3.37. The van der Waals surface area contributed by atoms with Gasteiger partial charge < -0.3 is 15.7 Å². The highest BCUT2D eigenvalue weighted by Crippen LogP contribution is 2.26. The Kier molecular flexibility index (Phi) is 5.60. The summed E-state index contributed by atoms with van der Waals surface area (Å²) in [6, 6.07) is 8.76. The van der Waals surface area contributed by atoms with E-state index < -0.39 is 23.9 Å². The van der Waals surface area contributed by atoms with Crippen molar-refractivity contribution in [2.75, 3.05) is 5.32 Å². The first-order chi connectivity index (χ1) is 12.3. The second kappa shape index (κ2) is 7.73. The quantitative estimate of drug-likeness (QED) is 0.683. The highest BCUT2D eigenvalue weighted by molar-refractivity contribution is 9.10. The van der Waals surface area contributed by atoms with E-state index in [-0.39, 0.29) is 22.9 Å². The number of anilines is 1. The van der Waals surface area contributed by atoms with Crippen molar-refractivity contribution in [2.45, 2.75) is 25.0 Å². The molecule has 0 saturated heterocycles. The topological polar surface area (TPSA) is 78.4 Å². The maximum Gasteiger partial charge on any atom is 0.249 e. The first-order valence-corrected chi connectivity index (χ1v) is 9.03. The standard InChI is InChI=1S/C18H15BrClFN2O3/c19-10-5-4-9-6-15(17(25)22-14(9)7-10)23-18(26)16(24)8-11-12(20)2-1-3-13(11)21/h1-5,7,15-16,24H,6,8H2,(H,22,25)(H,23,26). The van der Waals surface area contributed by atoms with Crippen LogP contribution in [0.4, 0.5) is 10.1 Å². The summed E-state index contributed by atoms with van der Waals surface area (Å²) >= 11 is 9.24. The number of nitrogens with one attached hydrogen (secondary N) is 2. The summed E-state index contributed by atoms with van der Waals surface area (Å²) in [5, 5.41) is 15.4. The Bertz CT molecular complexity index is 857. The Hall–Kier alpha value is -1.96. The molecule has 3 N–H and O–H groups in total. The molecular formula is C18H15BrClFN2O3. The fraction of sp³-hybridized carbons (Fsp3) is 0.222. The number of benzene rings is 2. The lowest BCUT2D eigenvalue weighted by Gasteiger charge is -2.26. The number of rotatable bonds is 4. The molecular weight excluding hydrogens is 427 g/mol. The minimum absolute atomic E-state index is 0.0557. The van der Waals surface area contributed by atoms with Gasteiger partial charge in [0.2, 0.25) is 11.8 Å². The first-order valence-electron chi connectivity index (χ1n) is 7.86. The summed E-state index contributed by atoms with van der Waals surface area (Å²) in [6.07, 6.45) is -1.51. The number of hydrogen-bond donors (Lipinski definition) is 3. The third kappa shape index (κ3) is 4.06. The molecule has 26 heavy (non-hydrogen) atoms. The lowest BCUT2D eigenvalue weighted by Crippen LogP contribution is -2.50. The van der Waals surface area contributed by atoms with Gasteiger partial charge in [-0.05, 0) is 29.8 Å². The van der Waals surface area contributed by atoms with Crippen molar-refractivity contribution in [1.82, 2.24) is 5.32 Å². The van der Waals surface area contributed by atoms with Crippen molar-refractivity contribution >= 4 is 45.0 Å². The molecule has 2 amide bonds. The smallest absolute Gasteiger partial charge is 0.249 e. The molecule has 1 aliphatic rings. The monoisotopic (exact) mass is 440 g/mol. The first kappa shape index (κ1) is 18.8. The molecule has 2 unspecified atom stereocenters. The van der Waals surface area contributed by atoms with E-state index in [9.17, 15) is 19.1 Å². The van der Waals surface area contributed by atoms with Gasteiger partial charge in [0.05, 0.1) is 0 Å². The molecule has 0 aliphatic carbocycles. The number of carbonyl (C=O) groups excluding carboxylic acids is 2. The molecule has 5 nitrogen and oxygen atoms in total. The maximum absolute atomic E-state index is 13.8. The summed E-state index contributed by atoms with van der Waals surface area (Å²) in [4.78, 5) is 24.4. The number of amides is 2. The van der Waals surface area contributed by atoms with Crippen LogP contribution in [-0.4, -0.2) is 29.1 Å². The second-order valence-electron chi connectivity index (χ2n) is 5.98. The zero-order chi connectivity index (χ0) is 18.8. The van der Waals surface area contributed by atoms with Gasteiger partial charge in [-0.25, -0.2) is 4.39 Å². The molecule has 0 fully saturated rings. The predicted molar refractivity (Wildman–Crippen MR) is 99.5 cm³/mol. The molecule has 0 radical (unpaired) electrons. The van der Waals surface area contributed by atoms with Crippen molar-refractivity contribution in [3.8, 4) is 0 Å². The van der Waals surface area contributed by atoms with Crippen LogP contribution >= 0.6 is 27.5 Å². The molecule has 1 aliphatic heterocycles. The Labute approximate surface area is 162 Å². The van der Waals surface area contributed by atoms with E-state index in [1.165, 1.54) is 18.2 Å². The Balaban J connectivity index is 1.68. The summed E-state index contributed by atoms with van der Waals surface area (Å²) < 4.78 is 14.6. The molecule has 136 valence electrons. The normalized spacial score (nSPS) is 17.2. The summed E-state index contributed by atoms with van der Waals surface area (Å²) in [7, 11) is 0. The van der Waals surface area contributed by atoms with Crippen LogP contribution in [0.1, 0.15) is 11.1 Å². The average Bonchev–Trinajstić information content (AvgIpc) is 2.59. The molecule has 2 aromatic carbocycles. The molecule has 1 heterocycles. The van der Waals surface area contributed by atoms with Crippen molar-refractivity contribution in [3.05, 3.63) is 62.8 Å². The maximum atomic E-state index is 13.8. The van der Waals surface area contributed by atoms with Crippen molar-refractivity contribution in [1.29, 1.82) is 0 Å². The highest BCUT2D eigenvalue weighted by atomic mass is 79.9. The second-order valence-corrected chi connectivity index (χ2v) is 7.30. The van der Waals surface area contributed by atoms with Crippen LogP contribution in [0.3, 0.4) is 0 Å². The number of fused-ring (bicyclic) bond motifs is 1. The molecule has 0 spiro atoms. The number of aliphatic hydroxyl groups is 1. The van der Waals surface area contributed by atoms with Gasteiger partial charge in [0, 0.05) is 33.6 Å². The van der Waals surface area contributed by atoms with Crippen molar-refractivity contribution < 1.29 is 19.1 Å². The van der Waals surface area contributed by atoms with Crippen molar-refractivity contribution in [3.63, 3.8) is 0 Å². The molecule has 8 heteroatoms. The van der Waals surface area contributed by atoms with Crippen molar-refractivity contribution in [2.24, 2.45) is 0 Å².